The van der Waals surface area contributed by atoms with Gasteiger partial charge in [0, 0.05) is 33.7 Å². The highest BCUT2D eigenvalue weighted by molar-refractivity contribution is 5.88. The number of likely N-dealkylation sites (tertiary alicyclic amines) is 1. The number of urea groups is 1. The Hall–Kier alpha value is -1.86. The zero-order valence-corrected chi connectivity index (χ0v) is 13.6. The van der Waals surface area contributed by atoms with Crippen LogP contribution < -0.4 is 5.32 Å². The number of rotatable bonds is 1. The highest BCUT2D eigenvalue weighted by atomic mass is 19.1. The number of hydrogen-bond donors (Lipinski definition) is 1. The van der Waals surface area contributed by atoms with Crippen molar-refractivity contribution in [1.82, 2.24) is 20.0 Å². The Labute approximate surface area is 134 Å². The van der Waals surface area contributed by atoms with Crippen LogP contribution in [-0.2, 0) is 9.59 Å². The molecule has 2 saturated heterocycles. The molecule has 7 nitrogen and oxygen atoms in total. The third-order valence-electron chi connectivity index (χ3n) is 5.25. The minimum Gasteiger partial charge on any atom is -0.352 e. The van der Waals surface area contributed by atoms with E-state index < -0.39 is 17.1 Å². The molecule has 2 heterocycles. The maximum absolute atomic E-state index is 14.4. The lowest BCUT2D eigenvalue weighted by atomic mass is 9.81. The van der Waals surface area contributed by atoms with Gasteiger partial charge in [0.2, 0.25) is 5.91 Å². The summed E-state index contributed by atoms with van der Waals surface area (Å²) < 4.78 is 14.4. The molecule has 0 radical (unpaired) electrons. The number of alkyl halides is 1. The van der Waals surface area contributed by atoms with Gasteiger partial charge in [0.05, 0.1) is 5.54 Å². The standard InChI is InChI=1S/C15H23FN4O3/c1-18(2)13(23)20-8-11(21)17-9-14(20)6-7-19(10-14)12(22)15(16)4-3-5-15/h3-10H2,1-2H3,(H,17,21)/t14-/m1/s1. The summed E-state index contributed by atoms with van der Waals surface area (Å²) in [4.78, 5) is 41.0. The quantitative estimate of drug-likeness (QED) is 0.735. The Morgan fingerprint density at radius 2 is 1.96 bits per heavy atom. The molecule has 3 aliphatic rings. The lowest BCUT2D eigenvalue weighted by Crippen LogP contribution is -2.67. The summed E-state index contributed by atoms with van der Waals surface area (Å²) >= 11 is 0. The maximum Gasteiger partial charge on any atom is 0.320 e. The number of amides is 4. The Morgan fingerprint density at radius 1 is 1.26 bits per heavy atom. The molecular formula is C15H23FN4O3. The summed E-state index contributed by atoms with van der Waals surface area (Å²) in [7, 11) is 3.26. The Kier molecular flexibility index (Phi) is 3.72. The highest BCUT2D eigenvalue weighted by Gasteiger charge is 2.54. The van der Waals surface area contributed by atoms with Crippen molar-refractivity contribution in [2.24, 2.45) is 0 Å². The van der Waals surface area contributed by atoms with E-state index in [1.807, 2.05) is 0 Å². The van der Waals surface area contributed by atoms with Gasteiger partial charge in [-0.05, 0) is 25.7 Å². The molecule has 128 valence electrons. The van der Waals surface area contributed by atoms with Gasteiger partial charge in [0.1, 0.15) is 6.54 Å². The molecule has 1 N–H and O–H groups in total. The lowest BCUT2D eigenvalue weighted by molar-refractivity contribution is -0.149. The second-order valence-corrected chi connectivity index (χ2v) is 7.06. The first kappa shape index (κ1) is 16.0. The molecule has 8 heteroatoms. The maximum atomic E-state index is 14.4. The van der Waals surface area contributed by atoms with Gasteiger partial charge in [-0.15, -0.1) is 0 Å². The molecule has 0 unspecified atom stereocenters. The van der Waals surface area contributed by atoms with Gasteiger partial charge in [0.25, 0.3) is 5.91 Å². The van der Waals surface area contributed by atoms with Crippen molar-refractivity contribution in [2.45, 2.75) is 36.9 Å². The largest absolute Gasteiger partial charge is 0.352 e. The van der Waals surface area contributed by atoms with Crippen LogP contribution in [0.5, 0.6) is 0 Å². The number of hydrogen-bond acceptors (Lipinski definition) is 3. The Balaban J connectivity index is 1.78. The van der Waals surface area contributed by atoms with Crippen molar-refractivity contribution in [3.05, 3.63) is 0 Å². The number of nitrogens with one attached hydrogen (secondary N) is 1. The minimum atomic E-state index is -1.72. The number of carbonyl (C=O) groups is 3. The second kappa shape index (κ2) is 5.35. The van der Waals surface area contributed by atoms with E-state index in [2.05, 4.69) is 5.32 Å². The topological polar surface area (TPSA) is 73.0 Å². The van der Waals surface area contributed by atoms with Gasteiger partial charge in [-0.1, -0.05) is 0 Å². The summed E-state index contributed by atoms with van der Waals surface area (Å²) in [5.74, 6) is -0.675. The fourth-order valence-electron chi connectivity index (χ4n) is 3.62. The summed E-state index contributed by atoms with van der Waals surface area (Å²) in [6.07, 6.45) is 1.86. The fraction of sp³-hybridized carbons (Fsp3) is 0.800. The minimum absolute atomic E-state index is 0.0280. The number of piperazine rings is 1. The Morgan fingerprint density at radius 3 is 2.52 bits per heavy atom. The zero-order valence-electron chi connectivity index (χ0n) is 13.6. The summed E-state index contributed by atoms with van der Waals surface area (Å²) in [6, 6.07) is -0.257. The molecule has 1 spiro atoms. The van der Waals surface area contributed by atoms with Crippen molar-refractivity contribution >= 4 is 17.8 Å². The van der Waals surface area contributed by atoms with E-state index in [9.17, 15) is 18.8 Å². The number of carbonyl (C=O) groups excluding carboxylic acids is 3. The van der Waals surface area contributed by atoms with Crippen LogP contribution in [0.15, 0.2) is 0 Å². The first-order valence-electron chi connectivity index (χ1n) is 8.01. The van der Waals surface area contributed by atoms with Crippen LogP contribution in [-0.4, -0.2) is 84.0 Å². The summed E-state index contributed by atoms with van der Waals surface area (Å²) in [5, 5.41) is 2.78. The smallest absolute Gasteiger partial charge is 0.320 e. The van der Waals surface area contributed by atoms with Gasteiger partial charge < -0.3 is 20.0 Å². The lowest BCUT2D eigenvalue weighted by Gasteiger charge is -2.45. The summed E-state index contributed by atoms with van der Waals surface area (Å²) in [6.45, 7) is 0.962. The van der Waals surface area contributed by atoms with E-state index in [1.165, 1.54) is 14.7 Å². The molecule has 0 aromatic heterocycles. The van der Waals surface area contributed by atoms with Gasteiger partial charge in [0.15, 0.2) is 5.67 Å². The molecule has 3 fully saturated rings. The average molecular weight is 326 g/mol. The average Bonchev–Trinajstić information content (AvgIpc) is 2.91. The van der Waals surface area contributed by atoms with Crippen molar-refractivity contribution < 1.29 is 18.8 Å². The third-order valence-corrected chi connectivity index (χ3v) is 5.25. The van der Waals surface area contributed by atoms with Crippen LogP contribution in [0.2, 0.25) is 0 Å². The van der Waals surface area contributed by atoms with Crippen LogP contribution in [0.1, 0.15) is 25.7 Å². The van der Waals surface area contributed by atoms with Gasteiger partial charge >= 0.3 is 6.03 Å². The monoisotopic (exact) mass is 326 g/mol. The second-order valence-electron chi connectivity index (χ2n) is 7.06. The highest BCUT2D eigenvalue weighted by Crippen LogP contribution is 2.40. The van der Waals surface area contributed by atoms with Crippen LogP contribution in [0.4, 0.5) is 9.18 Å². The molecule has 0 aromatic carbocycles. The van der Waals surface area contributed by atoms with Gasteiger partial charge in [-0.3, -0.25) is 9.59 Å². The van der Waals surface area contributed by atoms with Crippen molar-refractivity contribution in [2.75, 3.05) is 40.3 Å². The first-order valence-corrected chi connectivity index (χ1v) is 8.01. The van der Waals surface area contributed by atoms with Crippen molar-refractivity contribution in [3.63, 3.8) is 0 Å². The molecule has 4 amide bonds. The predicted octanol–water partition coefficient (Wildman–Crippen LogP) is -0.0369. The van der Waals surface area contributed by atoms with Crippen molar-refractivity contribution in [3.8, 4) is 0 Å². The van der Waals surface area contributed by atoms with Crippen LogP contribution >= 0.6 is 0 Å². The zero-order chi connectivity index (χ0) is 16.8. The number of halogens is 1. The fourth-order valence-corrected chi connectivity index (χ4v) is 3.62. The number of nitrogens with zero attached hydrogens (tertiary/aromatic N) is 3. The molecule has 1 aliphatic carbocycles. The molecular weight excluding hydrogens is 303 g/mol. The van der Waals surface area contributed by atoms with Crippen LogP contribution in [0.25, 0.3) is 0 Å². The van der Waals surface area contributed by atoms with E-state index in [-0.39, 0.29) is 37.9 Å². The molecule has 23 heavy (non-hydrogen) atoms. The van der Waals surface area contributed by atoms with E-state index in [4.69, 9.17) is 0 Å². The van der Waals surface area contributed by atoms with Gasteiger partial charge in [-0.25, -0.2) is 9.18 Å². The summed E-state index contributed by atoms with van der Waals surface area (Å²) in [5.41, 5.74) is -2.36. The van der Waals surface area contributed by atoms with E-state index in [1.54, 1.807) is 14.1 Å². The van der Waals surface area contributed by atoms with E-state index >= 15 is 0 Å². The first-order chi connectivity index (χ1) is 10.8. The predicted molar refractivity (Wildman–Crippen MR) is 80.4 cm³/mol. The molecule has 1 atom stereocenters. The van der Waals surface area contributed by atoms with Crippen molar-refractivity contribution in [1.29, 1.82) is 0 Å². The molecule has 2 aliphatic heterocycles. The van der Waals surface area contributed by atoms with E-state index in [0.29, 0.717) is 19.5 Å². The van der Waals surface area contributed by atoms with Crippen LogP contribution in [0, 0.1) is 0 Å². The molecule has 1 saturated carbocycles. The SMILES string of the molecule is CN(C)C(=O)N1CC(=O)NC[C@@]12CCN(C(=O)C1(F)CCC1)C2. The Bertz CT molecular complexity index is 549. The van der Waals surface area contributed by atoms with E-state index in [0.717, 1.165) is 6.42 Å². The molecule has 3 rings (SSSR count). The molecule has 0 bridgehead atoms. The third kappa shape index (κ3) is 2.53. The van der Waals surface area contributed by atoms with Gasteiger partial charge in [-0.2, -0.15) is 0 Å². The molecule has 0 aromatic rings. The normalized spacial score (nSPS) is 29.3. The van der Waals surface area contributed by atoms with Crippen LogP contribution in [0.3, 0.4) is 0 Å².